The number of hydrogen-bond donors (Lipinski definition) is 0. The molecule has 3 nitrogen and oxygen atoms in total. The summed E-state index contributed by atoms with van der Waals surface area (Å²) in [6.45, 7) is 2.05. The summed E-state index contributed by atoms with van der Waals surface area (Å²) in [5.41, 5.74) is 1.49. The maximum absolute atomic E-state index is 12.4. The van der Waals surface area contributed by atoms with Gasteiger partial charge in [0, 0.05) is 11.7 Å². The first kappa shape index (κ1) is 10.3. The van der Waals surface area contributed by atoms with Gasteiger partial charge in [-0.25, -0.2) is 0 Å². The number of amides is 1. The zero-order chi connectivity index (χ0) is 12.0. The first-order valence-electron chi connectivity index (χ1n) is 6.01. The van der Waals surface area contributed by atoms with E-state index in [0.29, 0.717) is 12.8 Å². The lowest BCUT2D eigenvalue weighted by molar-refractivity contribution is -0.122. The number of anilines is 1. The highest BCUT2D eigenvalue weighted by atomic mass is 16.2. The van der Waals surface area contributed by atoms with Crippen LogP contribution in [0, 0.1) is 16.7 Å². The van der Waals surface area contributed by atoms with Crippen LogP contribution in [0.3, 0.4) is 0 Å². The molecule has 1 amide bonds. The van der Waals surface area contributed by atoms with Gasteiger partial charge in [0.25, 0.3) is 0 Å². The molecule has 1 aromatic rings. The van der Waals surface area contributed by atoms with E-state index in [1.165, 1.54) is 5.56 Å². The van der Waals surface area contributed by atoms with E-state index < -0.39 is 5.41 Å². The highest BCUT2D eigenvalue weighted by Crippen LogP contribution is 2.48. The van der Waals surface area contributed by atoms with Crippen molar-refractivity contribution in [3.8, 4) is 6.07 Å². The van der Waals surface area contributed by atoms with Crippen LogP contribution in [0.4, 0.5) is 5.69 Å². The second-order valence-electron chi connectivity index (χ2n) is 5.05. The van der Waals surface area contributed by atoms with E-state index in [9.17, 15) is 4.79 Å². The zero-order valence-corrected chi connectivity index (χ0v) is 9.81. The average Bonchev–Trinajstić information content (AvgIpc) is 3.06. The molecule has 0 spiro atoms. The van der Waals surface area contributed by atoms with Crippen molar-refractivity contribution in [1.82, 2.24) is 0 Å². The van der Waals surface area contributed by atoms with Gasteiger partial charge < -0.3 is 4.90 Å². The molecular formula is C14H14N2O. The Hall–Kier alpha value is -1.82. The van der Waals surface area contributed by atoms with Gasteiger partial charge in [-0.15, -0.1) is 0 Å². The second kappa shape index (κ2) is 3.33. The highest BCUT2D eigenvalue weighted by molar-refractivity contribution is 6.03. The van der Waals surface area contributed by atoms with Gasteiger partial charge in [-0.1, -0.05) is 18.2 Å². The molecule has 3 rings (SSSR count). The molecule has 2 aliphatic rings. The van der Waals surface area contributed by atoms with Crippen molar-refractivity contribution < 1.29 is 4.79 Å². The maximum atomic E-state index is 12.4. The molecule has 1 aromatic carbocycles. The van der Waals surface area contributed by atoms with Crippen molar-refractivity contribution in [1.29, 1.82) is 5.26 Å². The lowest BCUT2D eigenvalue weighted by atomic mass is 10.1. The molecule has 1 saturated carbocycles. The van der Waals surface area contributed by atoms with Crippen molar-refractivity contribution in [3.63, 3.8) is 0 Å². The van der Waals surface area contributed by atoms with Crippen LogP contribution in [0.25, 0.3) is 0 Å². The number of nitrogens with zero attached hydrogens (tertiary/aromatic N) is 2. The fraction of sp³-hybridized carbons (Fsp3) is 0.429. The number of benzene rings is 1. The average molecular weight is 226 g/mol. The van der Waals surface area contributed by atoms with Crippen LogP contribution in [0.2, 0.25) is 0 Å². The fourth-order valence-corrected chi connectivity index (χ4v) is 2.60. The molecule has 1 aliphatic heterocycles. The topological polar surface area (TPSA) is 44.1 Å². The summed E-state index contributed by atoms with van der Waals surface area (Å²) in [7, 11) is 0. The third kappa shape index (κ3) is 1.37. The Balaban J connectivity index is 1.99. The van der Waals surface area contributed by atoms with E-state index in [1.807, 2.05) is 30.0 Å². The first-order valence-corrected chi connectivity index (χ1v) is 6.01. The van der Waals surface area contributed by atoms with Crippen molar-refractivity contribution in [2.45, 2.75) is 32.2 Å². The predicted molar refractivity (Wildman–Crippen MR) is 64.4 cm³/mol. The summed E-state index contributed by atoms with van der Waals surface area (Å²) in [5.74, 6) is -0.00236. The normalized spacial score (nSPS) is 24.0. The summed E-state index contributed by atoms with van der Waals surface area (Å²) in [6.07, 6.45) is 2.32. The van der Waals surface area contributed by atoms with Gasteiger partial charge in [0.15, 0.2) is 0 Å². The van der Waals surface area contributed by atoms with Crippen LogP contribution in [0.15, 0.2) is 24.3 Å². The molecule has 86 valence electrons. The van der Waals surface area contributed by atoms with Crippen LogP contribution >= 0.6 is 0 Å². The van der Waals surface area contributed by atoms with Gasteiger partial charge >= 0.3 is 0 Å². The van der Waals surface area contributed by atoms with E-state index in [0.717, 1.165) is 12.1 Å². The predicted octanol–water partition coefficient (Wildman–Crippen LogP) is 2.27. The molecule has 0 N–H and O–H groups in total. The van der Waals surface area contributed by atoms with Gasteiger partial charge in [-0.05, 0) is 37.8 Å². The minimum absolute atomic E-state index is 0.00236. The van der Waals surface area contributed by atoms with Gasteiger partial charge in [0.1, 0.15) is 5.41 Å². The Kier molecular flexibility index (Phi) is 2.03. The molecule has 3 heteroatoms. The van der Waals surface area contributed by atoms with Crippen molar-refractivity contribution in [2.24, 2.45) is 5.41 Å². The Morgan fingerprint density at radius 1 is 1.47 bits per heavy atom. The molecule has 0 aromatic heterocycles. The number of nitriles is 1. The monoisotopic (exact) mass is 226 g/mol. The fourth-order valence-electron chi connectivity index (χ4n) is 2.60. The number of rotatable bonds is 1. The van der Waals surface area contributed by atoms with E-state index in [1.54, 1.807) is 0 Å². The van der Waals surface area contributed by atoms with Gasteiger partial charge in [-0.3, -0.25) is 4.79 Å². The first-order chi connectivity index (χ1) is 8.18. The number of carbonyl (C=O) groups is 1. The third-order valence-corrected chi connectivity index (χ3v) is 3.80. The lowest BCUT2D eigenvalue weighted by Gasteiger charge is -2.24. The second-order valence-corrected chi connectivity index (χ2v) is 5.05. The number of carbonyl (C=O) groups excluding carboxylic acids is 1. The largest absolute Gasteiger partial charge is 0.308 e. The Morgan fingerprint density at radius 2 is 2.18 bits per heavy atom. The Bertz CT molecular complexity index is 525. The van der Waals surface area contributed by atoms with Crippen molar-refractivity contribution >= 4 is 11.6 Å². The SMILES string of the molecule is C[C@H]1Cc2ccccc2N1C(=O)C1(C#N)CC1. The molecule has 17 heavy (non-hydrogen) atoms. The van der Waals surface area contributed by atoms with E-state index >= 15 is 0 Å². The molecule has 0 radical (unpaired) electrons. The number of fused-ring (bicyclic) bond motifs is 1. The van der Waals surface area contributed by atoms with E-state index in [2.05, 4.69) is 12.1 Å². The standard InChI is InChI=1S/C14H14N2O/c1-10-8-11-4-2-3-5-12(11)16(10)13(17)14(9-15)6-7-14/h2-5,10H,6-8H2,1H3/t10-/m0/s1. The van der Waals surface area contributed by atoms with Gasteiger partial charge in [-0.2, -0.15) is 5.26 Å². The molecule has 0 unspecified atom stereocenters. The van der Waals surface area contributed by atoms with Crippen LogP contribution < -0.4 is 4.90 Å². The van der Waals surface area contributed by atoms with Crippen molar-refractivity contribution in [3.05, 3.63) is 29.8 Å². The minimum atomic E-state index is -0.717. The van der Waals surface area contributed by atoms with Crippen LogP contribution in [0.1, 0.15) is 25.3 Å². The Labute approximate surface area is 101 Å². The van der Waals surface area contributed by atoms with Crippen LogP contribution in [0.5, 0.6) is 0 Å². The van der Waals surface area contributed by atoms with Gasteiger partial charge in [0.2, 0.25) is 5.91 Å². The lowest BCUT2D eigenvalue weighted by Crippen LogP contribution is -2.40. The van der Waals surface area contributed by atoms with Crippen molar-refractivity contribution in [2.75, 3.05) is 4.90 Å². The molecule has 1 aliphatic carbocycles. The summed E-state index contributed by atoms with van der Waals surface area (Å²) in [4.78, 5) is 14.3. The molecule has 1 atom stereocenters. The summed E-state index contributed by atoms with van der Waals surface area (Å²) in [5, 5.41) is 9.12. The number of hydrogen-bond acceptors (Lipinski definition) is 2. The van der Waals surface area contributed by atoms with E-state index in [4.69, 9.17) is 5.26 Å². The zero-order valence-electron chi connectivity index (χ0n) is 9.81. The quantitative estimate of drug-likeness (QED) is 0.737. The summed E-state index contributed by atoms with van der Waals surface area (Å²) >= 11 is 0. The third-order valence-electron chi connectivity index (χ3n) is 3.80. The smallest absolute Gasteiger partial charge is 0.247 e. The summed E-state index contributed by atoms with van der Waals surface area (Å²) < 4.78 is 0. The van der Waals surface area contributed by atoms with Crippen LogP contribution in [-0.2, 0) is 11.2 Å². The van der Waals surface area contributed by atoms with Gasteiger partial charge in [0.05, 0.1) is 6.07 Å². The molecule has 0 saturated heterocycles. The minimum Gasteiger partial charge on any atom is -0.308 e. The summed E-state index contributed by atoms with van der Waals surface area (Å²) in [6, 6.07) is 10.3. The van der Waals surface area contributed by atoms with E-state index in [-0.39, 0.29) is 11.9 Å². The molecule has 1 fully saturated rings. The molecular weight excluding hydrogens is 212 g/mol. The highest BCUT2D eigenvalue weighted by Gasteiger charge is 2.54. The Morgan fingerprint density at radius 3 is 2.82 bits per heavy atom. The molecule has 1 heterocycles. The number of para-hydroxylation sites is 1. The van der Waals surface area contributed by atoms with Crippen LogP contribution in [-0.4, -0.2) is 11.9 Å². The maximum Gasteiger partial charge on any atom is 0.247 e. The molecule has 0 bridgehead atoms.